The minimum atomic E-state index is -5.08. The molecule has 1 aliphatic rings. The van der Waals surface area contributed by atoms with Crippen molar-refractivity contribution in [1.82, 2.24) is 19.6 Å². The summed E-state index contributed by atoms with van der Waals surface area (Å²) in [7, 11) is 0. The van der Waals surface area contributed by atoms with Crippen LogP contribution in [-0.4, -0.2) is 90.5 Å². The molecule has 5 rings (SSSR count). The fourth-order valence-corrected chi connectivity index (χ4v) is 4.04. The second-order valence-electron chi connectivity index (χ2n) is 10.5. The fraction of sp³-hybridized carbons (Fsp3) is 0.310. The molecular weight excluding hydrogens is 751 g/mol. The Morgan fingerprint density at radius 2 is 1.34 bits per heavy atom. The number of halogens is 11. The molecule has 6 N–H and O–H groups in total. The Morgan fingerprint density at radius 1 is 0.830 bits per heavy atom. The Bertz CT molecular complexity index is 1810. The minimum Gasteiger partial charge on any atom is -0.475 e. The van der Waals surface area contributed by atoms with E-state index in [-0.39, 0.29) is 17.3 Å². The first-order valence-electron chi connectivity index (χ1n) is 14.3. The highest BCUT2D eigenvalue weighted by atomic mass is 19.4. The van der Waals surface area contributed by atoms with E-state index in [1.54, 1.807) is 30.7 Å². The second-order valence-corrected chi connectivity index (χ2v) is 10.5. The molecule has 0 amide bonds. The summed E-state index contributed by atoms with van der Waals surface area (Å²) in [5, 5.41) is 29.1. The van der Waals surface area contributed by atoms with Crippen LogP contribution in [0.5, 0.6) is 0 Å². The molecule has 53 heavy (non-hydrogen) atoms. The van der Waals surface area contributed by atoms with Crippen molar-refractivity contribution < 1.29 is 78.0 Å². The number of anilines is 3. The third-order valence-electron chi connectivity index (χ3n) is 6.73. The number of fused-ring (bicyclic) bond motifs is 1. The monoisotopic (exact) mass is 777 g/mol. The average molecular weight is 778 g/mol. The van der Waals surface area contributed by atoms with Crippen molar-refractivity contribution in [3.05, 3.63) is 66.6 Å². The van der Waals surface area contributed by atoms with Gasteiger partial charge in [0.2, 0.25) is 5.95 Å². The van der Waals surface area contributed by atoms with Gasteiger partial charge >= 0.3 is 36.4 Å². The molecule has 1 aliphatic heterocycles. The van der Waals surface area contributed by atoms with Crippen molar-refractivity contribution in [2.24, 2.45) is 11.7 Å². The van der Waals surface area contributed by atoms with Gasteiger partial charge in [-0.3, -0.25) is 4.98 Å². The van der Waals surface area contributed by atoms with Gasteiger partial charge in [0.1, 0.15) is 11.6 Å². The molecule has 0 saturated carbocycles. The number of pyridine rings is 1. The smallest absolute Gasteiger partial charge is 0.475 e. The molecule has 24 heteroatoms. The van der Waals surface area contributed by atoms with Gasteiger partial charge in [0.15, 0.2) is 0 Å². The van der Waals surface area contributed by atoms with Gasteiger partial charge < -0.3 is 31.3 Å². The second kappa shape index (κ2) is 17.6. The molecule has 290 valence electrons. The van der Waals surface area contributed by atoms with Gasteiger partial charge in [-0.15, -0.1) is 0 Å². The summed E-state index contributed by atoms with van der Waals surface area (Å²) in [6, 6.07) is 9.09. The number of aromatic nitrogens is 4. The molecule has 0 aliphatic carbocycles. The predicted octanol–water partition coefficient (Wildman–Crippen LogP) is 5.89. The van der Waals surface area contributed by atoms with E-state index in [0.717, 1.165) is 30.9 Å². The zero-order valence-electron chi connectivity index (χ0n) is 26.5. The Balaban J connectivity index is 0.000000379. The normalized spacial score (nSPS) is 15.8. The van der Waals surface area contributed by atoms with Gasteiger partial charge in [-0.2, -0.15) is 49.1 Å². The highest BCUT2D eigenvalue weighted by Crippen LogP contribution is 2.31. The Morgan fingerprint density at radius 3 is 1.81 bits per heavy atom. The zero-order valence-corrected chi connectivity index (χ0v) is 26.5. The van der Waals surface area contributed by atoms with Crippen LogP contribution < -0.4 is 16.0 Å². The number of hydrogen-bond donors (Lipinski definition) is 5. The number of aliphatic carboxylic acids is 3. The SMILES string of the molecule is C[C@H]1CCN(c2ccncc2Nc2ncc3ccc(-c4c(F)cccc4F)nn23)C[C@@H]1N.O=C(O)C(F)(F)F.O=C(O)C(F)(F)F.O=C(O)C(F)(F)F. The van der Waals surface area contributed by atoms with Gasteiger partial charge in [-0.25, -0.2) is 28.1 Å². The summed E-state index contributed by atoms with van der Waals surface area (Å²) in [5.74, 6) is -8.72. The summed E-state index contributed by atoms with van der Waals surface area (Å²) in [6.45, 7) is 3.81. The van der Waals surface area contributed by atoms with E-state index in [0.29, 0.717) is 17.4 Å². The van der Waals surface area contributed by atoms with Gasteiger partial charge in [-0.05, 0) is 42.7 Å². The minimum absolute atomic E-state index is 0.0944. The summed E-state index contributed by atoms with van der Waals surface area (Å²) in [4.78, 5) is 37.6. The quantitative estimate of drug-likeness (QED) is 0.155. The largest absolute Gasteiger partial charge is 0.490 e. The van der Waals surface area contributed by atoms with Crippen molar-refractivity contribution in [2.75, 3.05) is 23.3 Å². The fourth-order valence-electron chi connectivity index (χ4n) is 4.04. The maximum atomic E-state index is 14.3. The van der Waals surface area contributed by atoms with Gasteiger partial charge in [0.25, 0.3) is 0 Å². The average Bonchev–Trinajstić information content (AvgIpc) is 3.44. The number of carbonyl (C=O) groups is 3. The maximum Gasteiger partial charge on any atom is 0.490 e. The molecule has 13 nitrogen and oxygen atoms in total. The molecule has 4 aromatic rings. The molecule has 0 radical (unpaired) electrons. The molecule has 0 unspecified atom stereocenters. The number of alkyl halides is 9. The summed E-state index contributed by atoms with van der Waals surface area (Å²) < 4.78 is 125. The van der Waals surface area contributed by atoms with E-state index in [4.69, 9.17) is 35.4 Å². The lowest BCUT2D eigenvalue weighted by Crippen LogP contribution is -2.47. The third-order valence-corrected chi connectivity index (χ3v) is 6.73. The number of carboxylic acids is 3. The lowest BCUT2D eigenvalue weighted by molar-refractivity contribution is -0.193. The molecule has 1 aromatic carbocycles. The van der Waals surface area contributed by atoms with Crippen LogP contribution in [0, 0.1) is 17.6 Å². The van der Waals surface area contributed by atoms with E-state index in [1.807, 2.05) is 6.07 Å². The van der Waals surface area contributed by atoms with E-state index in [2.05, 4.69) is 32.2 Å². The lowest BCUT2D eigenvalue weighted by Gasteiger charge is -2.37. The van der Waals surface area contributed by atoms with Crippen LogP contribution in [-0.2, 0) is 14.4 Å². The molecule has 1 fully saturated rings. The van der Waals surface area contributed by atoms with Crippen molar-refractivity contribution in [2.45, 2.75) is 37.9 Å². The Hall–Kier alpha value is -5.81. The Labute approximate surface area is 289 Å². The van der Waals surface area contributed by atoms with E-state index in [9.17, 15) is 48.3 Å². The van der Waals surface area contributed by atoms with Crippen LogP contribution in [0.1, 0.15) is 13.3 Å². The molecule has 2 atom stereocenters. The first-order chi connectivity index (χ1) is 24.3. The zero-order chi connectivity index (χ0) is 40.5. The number of hydrogen-bond acceptors (Lipinski definition) is 9. The summed E-state index contributed by atoms with van der Waals surface area (Å²) >= 11 is 0. The first-order valence-corrected chi connectivity index (χ1v) is 14.3. The van der Waals surface area contributed by atoms with Crippen molar-refractivity contribution in [3.8, 4) is 11.3 Å². The molecular formula is C29H26F11N7O6. The van der Waals surface area contributed by atoms with Crippen molar-refractivity contribution in [1.29, 1.82) is 0 Å². The number of imidazole rings is 1. The third kappa shape index (κ3) is 12.7. The number of nitrogens with one attached hydrogen (secondary N) is 1. The van der Waals surface area contributed by atoms with Gasteiger partial charge in [0.05, 0.1) is 40.5 Å². The highest BCUT2D eigenvalue weighted by molar-refractivity contribution is 5.75. The maximum absolute atomic E-state index is 14.3. The molecule has 0 spiro atoms. The van der Waals surface area contributed by atoms with E-state index in [1.165, 1.54) is 22.7 Å². The highest BCUT2D eigenvalue weighted by Gasteiger charge is 2.39. The van der Waals surface area contributed by atoms with Crippen LogP contribution in [0.2, 0.25) is 0 Å². The number of nitrogens with two attached hydrogens (primary N) is 1. The van der Waals surface area contributed by atoms with Crippen LogP contribution in [0.15, 0.2) is 55.0 Å². The standard InChI is InChI=1S/C23H23F2N7.3C2HF3O2/c1-14-8-10-31(13-18(14)26)21-7-9-27-12-20(21)29-23-28-11-15-5-6-19(30-32(15)23)22-16(24)3-2-4-17(22)25;3*3-2(4,5)1(6)7/h2-7,9,11-12,14,18H,8,10,13,26H2,1H3,(H,28,29);3*(H,6,7)/t14-,18-;;;/m0.../s1. The first kappa shape index (κ1) is 43.4. The van der Waals surface area contributed by atoms with E-state index < -0.39 is 48.1 Å². The van der Waals surface area contributed by atoms with Crippen molar-refractivity contribution in [3.63, 3.8) is 0 Å². The predicted molar refractivity (Wildman–Crippen MR) is 161 cm³/mol. The summed E-state index contributed by atoms with van der Waals surface area (Å²) in [6.07, 6.45) is -9.13. The van der Waals surface area contributed by atoms with Crippen LogP contribution in [0.3, 0.4) is 0 Å². The topological polar surface area (TPSA) is 196 Å². The number of benzene rings is 1. The molecule has 3 aromatic heterocycles. The lowest BCUT2D eigenvalue weighted by atomic mass is 9.94. The summed E-state index contributed by atoms with van der Waals surface area (Å²) in [5.41, 5.74) is 8.71. The molecule has 0 bridgehead atoms. The van der Waals surface area contributed by atoms with Crippen LogP contribution in [0.4, 0.5) is 65.6 Å². The molecule has 1 saturated heterocycles. The van der Waals surface area contributed by atoms with Crippen LogP contribution >= 0.6 is 0 Å². The van der Waals surface area contributed by atoms with E-state index >= 15 is 0 Å². The Kier molecular flexibility index (Phi) is 14.4. The van der Waals surface area contributed by atoms with Crippen molar-refractivity contribution >= 4 is 40.7 Å². The van der Waals surface area contributed by atoms with Crippen LogP contribution in [0.25, 0.3) is 16.8 Å². The number of piperidine rings is 1. The number of carboxylic acid groups (broad SMARTS) is 3. The molecule has 4 heterocycles. The number of nitrogens with zero attached hydrogens (tertiary/aromatic N) is 5. The van der Waals surface area contributed by atoms with Gasteiger partial charge in [0, 0.05) is 25.3 Å². The van der Waals surface area contributed by atoms with Gasteiger partial charge in [-0.1, -0.05) is 13.0 Å². The number of rotatable bonds is 4.